The lowest BCUT2D eigenvalue weighted by molar-refractivity contribution is 0.108. The summed E-state index contributed by atoms with van der Waals surface area (Å²) in [6, 6.07) is 5.28. The fourth-order valence-electron chi connectivity index (χ4n) is 0.709. The number of hydrogen-bond acceptors (Lipinski definition) is 4. The maximum Gasteiger partial charge on any atom is 0.237 e. The standard InChI is InChI=1S/C8H10N2OS/c9-4-6-12-8(11)7-3-1-2-5-10-7/h1-3,5H,4,6,9H2. The molecular formula is C8H10N2OS. The summed E-state index contributed by atoms with van der Waals surface area (Å²) in [5.41, 5.74) is 5.76. The van der Waals surface area contributed by atoms with Crippen LogP contribution in [0, 0.1) is 0 Å². The van der Waals surface area contributed by atoms with E-state index in [1.54, 1.807) is 24.4 Å². The van der Waals surface area contributed by atoms with Crippen molar-refractivity contribution in [3.8, 4) is 0 Å². The molecule has 0 aliphatic heterocycles. The van der Waals surface area contributed by atoms with Crippen molar-refractivity contribution in [2.24, 2.45) is 5.73 Å². The van der Waals surface area contributed by atoms with E-state index in [-0.39, 0.29) is 5.12 Å². The van der Waals surface area contributed by atoms with Gasteiger partial charge in [0, 0.05) is 18.5 Å². The summed E-state index contributed by atoms with van der Waals surface area (Å²) in [7, 11) is 0. The molecule has 0 unspecified atom stereocenters. The molecule has 0 fully saturated rings. The predicted molar refractivity (Wildman–Crippen MR) is 50.1 cm³/mol. The lowest BCUT2D eigenvalue weighted by Crippen LogP contribution is -2.05. The van der Waals surface area contributed by atoms with Crippen LogP contribution in [-0.4, -0.2) is 22.4 Å². The summed E-state index contributed by atoms with van der Waals surface area (Å²) in [6.45, 7) is 0.517. The number of nitrogens with two attached hydrogens (primary N) is 1. The van der Waals surface area contributed by atoms with E-state index in [1.807, 2.05) is 0 Å². The Bertz CT molecular complexity index is 250. The molecule has 64 valence electrons. The molecule has 0 atom stereocenters. The van der Waals surface area contributed by atoms with Gasteiger partial charge in [0.15, 0.2) is 0 Å². The quantitative estimate of drug-likeness (QED) is 0.755. The second-order valence-electron chi connectivity index (χ2n) is 2.14. The van der Waals surface area contributed by atoms with Crippen molar-refractivity contribution >= 4 is 16.9 Å². The Morgan fingerprint density at radius 1 is 1.58 bits per heavy atom. The van der Waals surface area contributed by atoms with Crippen LogP contribution in [-0.2, 0) is 0 Å². The number of aromatic nitrogens is 1. The number of thioether (sulfide) groups is 1. The van der Waals surface area contributed by atoms with E-state index in [0.29, 0.717) is 18.0 Å². The third-order valence-electron chi connectivity index (χ3n) is 1.23. The van der Waals surface area contributed by atoms with Gasteiger partial charge in [-0.15, -0.1) is 0 Å². The van der Waals surface area contributed by atoms with Gasteiger partial charge in [0.1, 0.15) is 5.69 Å². The van der Waals surface area contributed by atoms with E-state index >= 15 is 0 Å². The minimum Gasteiger partial charge on any atom is -0.330 e. The van der Waals surface area contributed by atoms with Crippen LogP contribution in [0.1, 0.15) is 10.5 Å². The van der Waals surface area contributed by atoms with Crippen LogP contribution in [0.2, 0.25) is 0 Å². The number of pyridine rings is 1. The zero-order chi connectivity index (χ0) is 8.81. The van der Waals surface area contributed by atoms with Crippen molar-refractivity contribution in [3.63, 3.8) is 0 Å². The first-order chi connectivity index (χ1) is 5.84. The largest absolute Gasteiger partial charge is 0.330 e. The fourth-order valence-corrected chi connectivity index (χ4v) is 1.28. The number of hydrogen-bond donors (Lipinski definition) is 1. The topological polar surface area (TPSA) is 56.0 Å². The van der Waals surface area contributed by atoms with E-state index < -0.39 is 0 Å². The van der Waals surface area contributed by atoms with E-state index in [2.05, 4.69) is 4.98 Å². The Morgan fingerprint density at radius 2 is 2.42 bits per heavy atom. The zero-order valence-electron chi connectivity index (χ0n) is 6.56. The van der Waals surface area contributed by atoms with Gasteiger partial charge in [0.2, 0.25) is 5.12 Å². The number of carbonyl (C=O) groups is 1. The second kappa shape index (κ2) is 4.90. The van der Waals surface area contributed by atoms with Gasteiger partial charge in [0.25, 0.3) is 0 Å². The highest BCUT2D eigenvalue weighted by molar-refractivity contribution is 8.14. The summed E-state index contributed by atoms with van der Waals surface area (Å²) in [5.74, 6) is 0.648. The zero-order valence-corrected chi connectivity index (χ0v) is 7.38. The van der Waals surface area contributed by atoms with Gasteiger partial charge >= 0.3 is 0 Å². The van der Waals surface area contributed by atoms with E-state index in [1.165, 1.54) is 11.8 Å². The first kappa shape index (κ1) is 9.22. The normalized spacial score (nSPS) is 9.75. The van der Waals surface area contributed by atoms with Crippen molar-refractivity contribution in [1.82, 2.24) is 4.98 Å². The van der Waals surface area contributed by atoms with E-state index in [0.717, 1.165) is 0 Å². The molecule has 1 aromatic heterocycles. The van der Waals surface area contributed by atoms with Crippen molar-refractivity contribution in [1.29, 1.82) is 0 Å². The predicted octanol–water partition coefficient (Wildman–Crippen LogP) is 0.914. The average molecular weight is 182 g/mol. The van der Waals surface area contributed by atoms with Crippen molar-refractivity contribution < 1.29 is 4.79 Å². The summed E-state index contributed by atoms with van der Waals surface area (Å²) in [5, 5.41) is -0.0129. The van der Waals surface area contributed by atoms with Gasteiger partial charge < -0.3 is 5.73 Å². The van der Waals surface area contributed by atoms with Crippen molar-refractivity contribution in [2.45, 2.75) is 0 Å². The molecule has 0 bridgehead atoms. The molecule has 2 N–H and O–H groups in total. The monoisotopic (exact) mass is 182 g/mol. The van der Waals surface area contributed by atoms with Gasteiger partial charge in [-0.2, -0.15) is 0 Å². The SMILES string of the molecule is NCCSC(=O)c1ccccn1. The first-order valence-electron chi connectivity index (χ1n) is 3.63. The molecule has 1 rings (SSSR count). The van der Waals surface area contributed by atoms with Crippen LogP contribution >= 0.6 is 11.8 Å². The molecule has 0 aliphatic rings. The molecule has 0 radical (unpaired) electrons. The molecule has 0 saturated heterocycles. The molecule has 0 spiro atoms. The van der Waals surface area contributed by atoms with Gasteiger partial charge in [-0.1, -0.05) is 17.8 Å². The number of carbonyl (C=O) groups excluding carboxylic acids is 1. The van der Waals surface area contributed by atoms with Crippen LogP contribution in [0.15, 0.2) is 24.4 Å². The molecule has 1 heterocycles. The highest BCUT2D eigenvalue weighted by atomic mass is 32.2. The Kier molecular flexibility index (Phi) is 3.76. The molecule has 3 nitrogen and oxygen atoms in total. The average Bonchev–Trinajstić information content (AvgIpc) is 2.15. The second-order valence-corrected chi connectivity index (χ2v) is 3.21. The fraction of sp³-hybridized carbons (Fsp3) is 0.250. The number of rotatable bonds is 3. The highest BCUT2D eigenvalue weighted by Crippen LogP contribution is 2.08. The van der Waals surface area contributed by atoms with Gasteiger partial charge in [0.05, 0.1) is 0 Å². The molecule has 0 aliphatic carbocycles. The van der Waals surface area contributed by atoms with Crippen molar-refractivity contribution in [3.05, 3.63) is 30.1 Å². The third kappa shape index (κ3) is 2.64. The van der Waals surface area contributed by atoms with Crippen LogP contribution in [0.5, 0.6) is 0 Å². The van der Waals surface area contributed by atoms with Gasteiger partial charge in [-0.3, -0.25) is 9.78 Å². The highest BCUT2D eigenvalue weighted by Gasteiger charge is 2.05. The molecular weight excluding hydrogens is 172 g/mol. The van der Waals surface area contributed by atoms with Crippen molar-refractivity contribution in [2.75, 3.05) is 12.3 Å². The van der Waals surface area contributed by atoms with Crippen LogP contribution in [0.25, 0.3) is 0 Å². The molecule has 0 saturated carbocycles. The maximum atomic E-state index is 11.2. The lowest BCUT2D eigenvalue weighted by atomic mass is 10.4. The van der Waals surface area contributed by atoms with Crippen LogP contribution in [0.4, 0.5) is 0 Å². The summed E-state index contributed by atoms with van der Waals surface area (Å²) >= 11 is 1.20. The molecule has 0 aromatic carbocycles. The minimum atomic E-state index is -0.0129. The summed E-state index contributed by atoms with van der Waals surface area (Å²) in [4.78, 5) is 15.2. The Balaban J connectivity index is 2.54. The molecule has 1 aromatic rings. The van der Waals surface area contributed by atoms with Gasteiger partial charge in [-0.05, 0) is 12.1 Å². The minimum absolute atomic E-state index is 0.0129. The summed E-state index contributed by atoms with van der Waals surface area (Å²) in [6.07, 6.45) is 1.61. The smallest absolute Gasteiger partial charge is 0.237 e. The molecule has 0 amide bonds. The van der Waals surface area contributed by atoms with Gasteiger partial charge in [-0.25, -0.2) is 0 Å². The molecule has 4 heteroatoms. The van der Waals surface area contributed by atoms with Crippen LogP contribution < -0.4 is 5.73 Å². The third-order valence-corrected chi connectivity index (χ3v) is 2.14. The lowest BCUT2D eigenvalue weighted by Gasteiger charge is -1.96. The Labute approximate surface area is 75.4 Å². The first-order valence-corrected chi connectivity index (χ1v) is 4.61. The Hall–Kier alpha value is -0.870. The summed E-state index contributed by atoms with van der Waals surface area (Å²) < 4.78 is 0. The number of nitrogens with zero attached hydrogens (tertiary/aromatic N) is 1. The van der Waals surface area contributed by atoms with Crippen LogP contribution in [0.3, 0.4) is 0 Å². The molecule has 12 heavy (non-hydrogen) atoms. The van der Waals surface area contributed by atoms with E-state index in [9.17, 15) is 4.79 Å². The maximum absolute atomic E-state index is 11.2. The Morgan fingerprint density at radius 3 is 3.00 bits per heavy atom. The van der Waals surface area contributed by atoms with E-state index in [4.69, 9.17) is 5.73 Å².